The van der Waals surface area contributed by atoms with Crippen molar-refractivity contribution in [1.29, 1.82) is 0 Å². The van der Waals surface area contributed by atoms with Gasteiger partial charge < -0.3 is 0 Å². The molecule has 122 valence electrons. The van der Waals surface area contributed by atoms with Gasteiger partial charge in [-0.3, -0.25) is 0 Å². The SMILES string of the molecule is Fc1ccc(Cl)cc1-c1ccc(-n2cc(-c3ccccc3)nn2)cc1. The third-order valence-electron chi connectivity index (χ3n) is 3.93. The Balaban J connectivity index is 1.65. The second-order valence-electron chi connectivity index (χ2n) is 5.59. The summed E-state index contributed by atoms with van der Waals surface area (Å²) >= 11 is 5.97. The van der Waals surface area contributed by atoms with Crippen LogP contribution in [0.25, 0.3) is 28.1 Å². The maximum absolute atomic E-state index is 14.0. The fourth-order valence-corrected chi connectivity index (χ4v) is 2.82. The molecule has 0 saturated heterocycles. The van der Waals surface area contributed by atoms with Crippen LogP contribution in [0, 0.1) is 5.82 Å². The lowest BCUT2D eigenvalue weighted by Gasteiger charge is -2.06. The molecule has 0 aliphatic carbocycles. The summed E-state index contributed by atoms with van der Waals surface area (Å²) in [6.07, 6.45) is 1.87. The second-order valence-corrected chi connectivity index (χ2v) is 6.02. The maximum Gasteiger partial charge on any atom is 0.131 e. The van der Waals surface area contributed by atoms with E-state index in [4.69, 9.17) is 11.6 Å². The molecule has 0 fully saturated rings. The molecular formula is C20H13ClFN3. The van der Waals surface area contributed by atoms with Crippen LogP contribution in [0.15, 0.2) is 79.0 Å². The van der Waals surface area contributed by atoms with Crippen molar-refractivity contribution < 1.29 is 4.39 Å². The number of aromatic nitrogens is 3. The summed E-state index contributed by atoms with van der Waals surface area (Å²) in [7, 11) is 0. The predicted octanol–water partition coefficient (Wildman–Crippen LogP) is 5.39. The molecule has 0 unspecified atom stereocenters. The standard InChI is InChI=1S/C20H13ClFN3/c21-16-8-11-19(22)18(12-16)14-6-9-17(10-7-14)25-13-20(23-24-25)15-4-2-1-3-5-15/h1-13H. The topological polar surface area (TPSA) is 30.7 Å². The van der Waals surface area contributed by atoms with Crippen LogP contribution in [0.5, 0.6) is 0 Å². The minimum absolute atomic E-state index is 0.302. The Kier molecular flexibility index (Phi) is 4.04. The molecule has 3 nitrogen and oxygen atoms in total. The van der Waals surface area contributed by atoms with Gasteiger partial charge in [0.25, 0.3) is 0 Å². The summed E-state index contributed by atoms with van der Waals surface area (Å²) < 4.78 is 15.7. The molecule has 0 saturated carbocycles. The lowest BCUT2D eigenvalue weighted by molar-refractivity contribution is 0.631. The zero-order chi connectivity index (χ0) is 17.2. The van der Waals surface area contributed by atoms with Crippen molar-refractivity contribution in [1.82, 2.24) is 15.0 Å². The van der Waals surface area contributed by atoms with Gasteiger partial charge >= 0.3 is 0 Å². The van der Waals surface area contributed by atoms with Crippen molar-refractivity contribution in [2.24, 2.45) is 0 Å². The van der Waals surface area contributed by atoms with Crippen molar-refractivity contribution in [3.63, 3.8) is 0 Å². The van der Waals surface area contributed by atoms with Gasteiger partial charge in [0.2, 0.25) is 0 Å². The van der Waals surface area contributed by atoms with Gasteiger partial charge in [-0.05, 0) is 35.9 Å². The average molecular weight is 350 g/mol. The third-order valence-corrected chi connectivity index (χ3v) is 4.17. The van der Waals surface area contributed by atoms with Crippen molar-refractivity contribution >= 4 is 11.6 Å². The fourth-order valence-electron chi connectivity index (χ4n) is 2.64. The lowest BCUT2D eigenvalue weighted by Crippen LogP contribution is -1.94. The number of benzene rings is 3. The van der Waals surface area contributed by atoms with Gasteiger partial charge in [0.05, 0.1) is 11.9 Å². The van der Waals surface area contributed by atoms with Gasteiger partial charge in [0, 0.05) is 16.1 Å². The van der Waals surface area contributed by atoms with Crippen LogP contribution >= 0.6 is 11.6 Å². The van der Waals surface area contributed by atoms with Gasteiger partial charge in [-0.2, -0.15) is 0 Å². The zero-order valence-corrected chi connectivity index (χ0v) is 13.9. The molecule has 0 amide bonds. The fraction of sp³-hybridized carbons (Fsp3) is 0. The molecule has 0 N–H and O–H groups in total. The molecule has 5 heteroatoms. The Labute approximate surface area is 149 Å². The normalized spacial score (nSPS) is 10.8. The van der Waals surface area contributed by atoms with Crippen molar-refractivity contribution in [3.8, 4) is 28.1 Å². The van der Waals surface area contributed by atoms with Gasteiger partial charge in [-0.15, -0.1) is 5.10 Å². The molecule has 0 aliphatic heterocycles. The summed E-state index contributed by atoms with van der Waals surface area (Å²) in [5.74, 6) is -0.302. The van der Waals surface area contributed by atoms with Crippen LogP contribution in [0.2, 0.25) is 5.02 Å². The largest absolute Gasteiger partial charge is 0.220 e. The van der Waals surface area contributed by atoms with Crippen LogP contribution in [0.4, 0.5) is 4.39 Å². The van der Waals surface area contributed by atoms with E-state index in [1.807, 2.05) is 60.8 Å². The summed E-state index contributed by atoms with van der Waals surface area (Å²) in [5, 5.41) is 8.88. The summed E-state index contributed by atoms with van der Waals surface area (Å²) in [6.45, 7) is 0. The van der Waals surface area contributed by atoms with Crippen LogP contribution in [-0.2, 0) is 0 Å². The Bertz CT molecular complexity index is 1010. The van der Waals surface area contributed by atoms with E-state index in [0.717, 1.165) is 22.5 Å². The molecule has 4 rings (SSSR count). The first-order valence-corrected chi connectivity index (χ1v) is 8.12. The Morgan fingerprint density at radius 1 is 0.840 bits per heavy atom. The van der Waals surface area contributed by atoms with Crippen LogP contribution in [0.1, 0.15) is 0 Å². The highest BCUT2D eigenvalue weighted by Crippen LogP contribution is 2.27. The zero-order valence-electron chi connectivity index (χ0n) is 13.1. The molecule has 0 radical (unpaired) electrons. The van der Waals surface area contributed by atoms with Crippen molar-refractivity contribution in [3.05, 3.63) is 89.8 Å². The van der Waals surface area contributed by atoms with Gasteiger partial charge in [-0.25, -0.2) is 9.07 Å². The van der Waals surface area contributed by atoms with Crippen molar-refractivity contribution in [2.45, 2.75) is 0 Å². The number of rotatable bonds is 3. The molecule has 1 heterocycles. The number of hydrogen-bond donors (Lipinski definition) is 0. The molecule has 4 aromatic rings. The highest BCUT2D eigenvalue weighted by Gasteiger charge is 2.08. The van der Waals surface area contributed by atoms with Gasteiger partial charge in [-0.1, -0.05) is 59.3 Å². The lowest BCUT2D eigenvalue weighted by atomic mass is 10.0. The quantitative estimate of drug-likeness (QED) is 0.496. The third kappa shape index (κ3) is 3.16. The smallest absolute Gasteiger partial charge is 0.131 e. The monoisotopic (exact) mass is 349 g/mol. The van der Waals surface area contributed by atoms with E-state index in [1.54, 1.807) is 10.7 Å². The summed E-state index contributed by atoms with van der Waals surface area (Å²) in [4.78, 5) is 0. The molecule has 0 spiro atoms. The highest BCUT2D eigenvalue weighted by molar-refractivity contribution is 6.30. The van der Waals surface area contributed by atoms with Crippen LogP contribution < -0.4 is 0 Å². The van der Waals surface area contributed by atoms with Gasteiger partial charge in [0.15, 0.2) is 0 Å². The molecule has 0 atom stereocenters. The van der Waals surface area contributed by atoms with E-state index in [1.165, 1.54) is 12.1 Å². The highest BCUT2D eigenvalue weighted by atomic mass is 35.5. The Morgan fingerprint density at radius 3 is 2.36 bits per heavy atom. The molecule has 25 heavy (non-hydrogen) atoms. The van der Waals surface area contributed by atoms with Crippen LogP contribution in [-0.4, -0.2) is 15.0 Å². The van der Waals surface area contributed by atoms with E-state index in [2.05, 4.69) is 10.3 Å². The minimum atomic E-state index is -0.302. The molecule has 0 aliphatic rings. The Hall–Kier alpha value is -2.98. The maximum atomic E-state index is 14.0. The first kappa shape index (κ1) is 15.5. The average Bonchev–Trinajstić information content (AvgIpc) is 3.15. The van der Waals surface area contributed by atoms with E-state index in [0.29, 0.717) is 10.6 Å². The molecule has 0 bridgehead atoms. The predicted molar refractivity (Wildman–Crippen MR) is 97.2 cm³/mol. The van der Waals surface area contributed by atoms with Crippen LogP contribution in [0.3, 0.4) is 0 Å². The van der Waals surface area contributed by atoms with E-state index < -0.39 is 0 Å². The summed E-state index contributed by atoms with van der Waals surface area (Å²) in [6, 6.07) is 21.8. The minimum Gasteiger partial charge on any atom is -0.220 e. The molecule has 1 aromatic heterocycles. The number of hydrogen-bond acceptors (Lipinski definition) is 2. The number of halogens is 2. The van der Waals surface area contributed by atoms with Crippen molar-refractivity contribution in [2.75, 3.05) is 0 Å². The van der Waals surface area contributed by atoms with E-state index >= 15 is 0 Å². The molecule has 3 aromatic carbocycles. The second kappa shape index (κ2) is 6.49. The van der Waals surface area contributed by atoms with E-state index in [-0.39, 0.29) is 5.82 Å². The Morgan fingerprint density at radius 2 is 1.60 bits per heavy atom. The first-order valence-electron chi connectivity index (χ1n) is 7.74. The van der Waals surface area contributed by atoms with E-state index in [9.17, 15) is 4.39 Å². The van der Waals surface area contributed by atoms with Gasteiger partial charge in [0.1, 0.15) is 11.5 Å². The molecular weight excluding hydrogens is 337 g/mol. The number of nitrogens with zero attached hydrogens (tertiary/aromatic N) is 3. The first-order chi connectivity index (χ1) is 12.2. The summed E-state index contributed by atoms with van der Waals surface area (Å²) in [5.41, 5.74) is 3.88.